The first-order valence-corrected chi connectivity index (χ1v) is 9.52. The number of nitrogens with zero attached hydrogens (tertiary/aromatic N) is 4. The number of carbonyl (C=O) groups is 1. The monoisotopic (exact) mass is 377 g/mol. The number of pyridine rings is 1. The van der Waals surface area contributed by atoms with Gasteiger partial charge in [-0.1, -0.05) is 6.07 Å². The number of amides is 1. The first-order valence-electron chi connectivity index (χ1n) is 9.52. The summed E-state index contributed by atoms with van der Waals surface area (Å²) >= 11 is 0. The Hall–Kier alpha value is -3.22. The first kappa shape index (κ1) is 18.2. The van der Waals surface area contributed by atoms with Crippen LogP contribution in [0.5, 0.6) is 0 Å². The summed E-state index contributed by atoms with van der Waals surface area (Å²) in [6.45, 7) is 4.68. The molecule has 0 saturated carbocycles. The average Bonchev–Trinajstić information content (AvgIpc) is 2.73. The number of hydrogen-bond donors (Lipinski definition) is 1. The molecule has 1 aliphatic rings. The van der Waals surface area contributed by atoms with Crippen LogP contribution in [-0.2, 0) is 11.2 Å². The summed E-state index contributed by atoms with van der Waals surface area (Å²) in [5, 5.41) is 0.999. The minimum Gasteiger partial charge on any atom is -0.339 e. The fraction of sp³-hybridized carbons (Fsp3) is 0.333. The molecule has 0 radical (unpaired) electrons. The molecule has 1 fully saturated rings. The van der Waals surface area contributed by atoms with Gasteiger partial charge in [-0.2, -0.15) is 0 Å². The lowest BCUT2D eigenvalue weighted by atomic mass is 10.0. The third-order valence-electron chi connectivity index (χ3n) is 5.19. The van der Waals surface area contributed by atoms with Crippen molar-refractivity contribution in [1.29, 1.82) is 0 Å². The molecule has 0 spiro atoms. The van der Waals surface area contributed by atoms with Crippen molar-refractivity contribution in [3.8, 4) is 0 Å². The van der Waals surface area contributed by atoms with E-state index in [1.54, 1.807) is 25.4 Å². The molecule has 1 N–H and O–H groups in total. The largest absolute Gasteiger partial charge is 0.339 e. The molecule has 7 heteroatoms. The van der Waals surface area contributed by atoms with Crippen LogP contribution in [0.2, 0.25) is 0 Å². The second-order valence-corrected chi connectivity index (χ2v) is 7.12. The highest BCUT2D eigenvalue weighted by molar-refractivity contribution is 5.80. The number of benzene rings is 1. The quantitative estimate of drug-likeness (QED) is 0.751. The zero-order valence-electron chi connectivity index (χ0n) is 15.9. The predicted octanol–water partition coefficient (Wildman–Crippen LogP) is 1.91. The Balaban J connectivity index is 1.34. The Morgan fingerprint density at radius 1 is 1.11 bits per heavy atom. The van der Waals surface area contributed by atoms with Gasteiger partial charge < -0.3 is 14.8 Å². The van der Waals surface area contributed by atoms with Crippen LogP contribution in [0, 0.1) is 6.92 Å². The van der Waals surface area contributed by atoms with Crippen molar-refractivity contribution < 1.29 is 4.79 Å². The highest BCUT2D eigenvalue weighted by atomic mass is 16.2. The number of fused-ring (bicyclic) bond motifs is 1. The number of hydrogen-bond acceptors (Lipinski definition) is 5. The highest BCUT2D eigenvalue weighted by Crippen LogP contribution is 2.16. The van der Waals surface area contributed by atoms with Crippen LogP contribution in [0.3, 0.4) is 0 Å². The van der Waals surface area contributed by atoms with Crippen molar-refractivity contribution in [1.82, 2.24) is 19.9 Å². The van der Waals surface area contributed by atoms with E-state index in [1.807, 2.05) is 23.1 Å². The van der Waals surface area contributed by atoms with Gasteiger partial charge in [-0.05, 0) is 48.6 Å². The molecular formula is C21H23N5O2. The van der Waals surface area contributed by atoms with Gasteiger partial charge in [0.15, 0.2) is 0 Å². The van der Waals surface area contributed by atoms with E-state index in [4.69, 9.17) is 0 Å². The maximum atomic E-state index is 12.6. The van der Waals surface area contributed by atoms with Crippen molar-refractivity contribution >= 4 is 22.8 Å². The Morgan fingerprint density at radius 3 is 2.61 bits per heavy atom. The molecule has 144 valence electrons. The fourth-order valence-corrected chi connectivity index (χ4v) is 3.54. The van der Waals surface area contributed by atoms with Crippen LogP contribution in [0.4, 0.5) is 5.95 Å². The van der Waals surface area contributed by atoms with Gasteiger partial charge in [-0.25, -0.2) is 9.97 Å². The number of piperazine rings is 1. The molecule has 0 atom stereocenters. The SMILES string of the molecule is Cc1cc2cc(CCC(=O)N3CCN(c4ncccn4)CC3)ccc2[nH]c1=O. The lowest BCUT2D eigenvalue weighted by molar-refractivity contribution is -0.131. The number of anilines is 1. The van der Waals surface area contributed by atoms with Gasteiger partial charge >= 0.3 is 0 Å². The molecule has 3 heterocycles. The molecule has 2 aromatic heterocycles. The van der Waals surface area contributed by atoms with E-state index in [9.17, 15) is 9.59 Å². The Morgan fingerprint density at radius 2 is 1.86 bits per heavy atom. The van der Waals surface area contributed by atoms with Crippen molar-refractivity contribution in [3.05, 3.63) is 64.2 Å². The zero-order chi connectivity index (χ0) is 19.5. The smallest absolute Gasteiger partial charge is 0.251 e. The molecule has 1 saturated heterocycles. The van der Waals surface area contributed by atoms with Crippen LogP contribution in [-0.4, -0.2) is 51.9 Å². The van der Waals surface area contributed by atoms with Gasteiger partial charge in [0.1, 0.15) is 0 Å². The maximum absolute atomic E-state index is 12.6. The van der Waals surface area contributed by atoms with Crippen molar-refractivity contribution in [2.75, 3.05) is 31.1 Å². The van der Waals surface area contributed by atoms with E-state index in [2.05, 4.69) is 25.9 Å². The zero-order valence-corrected chi connectivity index (χ0v) is 15.9. The fourth-order valence-electron chi connectivity index (χ4n) is 3.54. The second kappa shape index (κ2) is 7.80. The van der Waals surface area contributed by atoms with Crippen LogP contribution in [0.15, 0.2) is 47.5 Å². The number of aryl methyl sites for hydroxylation is 2. The van der Waals surface area contributed by atoms with Gasteiger partial charge in [0.2, 0.25) is 11.9 Å². The summed E-state index contributed by atoms with van der Waals surface area (Å²) in [5.41, 5.74) is 2.56. The number of carbonyl (C=O) groups excluding carboxylic acids is 1. The summed E-state index contributed by atoms with van der Waals surface area (Å²) in [5.74, 6) is 0.894. The molecule has 4 rings (SSSR count). The maximum Gasteiger partial charge on any atom is 0.251 e. The van der Waals surface area contributed by atoms with Gasteiger partial charge in [0.05, 0.1) is 0 Å². The minimum absolute atomic E-state index is 0.0597. The van der Waals surface area contributed by atoms with Gasteiger partial charge in [0.25, 0.3) is 5.56 Å². The Bertz CT molecular complexity index is 1040. The van der Waals surface area contributed by atoms with Crippen LogP contribution >= 0.6 is 0 Å². The predicted molar refractivity (Wildman–Crippen MR) is 108 cm³/mol. The number of aromatic amines is 1. The van der Waals surface area contributed by atoms with Crippen molar-refractivity contribution in [2.45, 2.75) is 19.8 Å². The Labute approximate surface area is 163 Å². The number of H-pyrrole nitrogens is 1. The summed E-state index contributed by atoms with van der Waals surface area (Å²) in [6, 6.07) is 9.63. The standard InChI is InChI=1S/C21H23N5O2/c1-15-13-17-14-16(3-5-18(17)24-20(15)28)4-6-19(27)25-9-11-26(12-10-25)21-22-7-2-8-23-21/h2-3,5,7-8,13-14H,4,6,9-12H2,1H3,(H,24,28). The topological polar surface area (TPSA) is 82.2 Å². The number of nitrogens with one attached hydrogen (secondary N) is 1. The molecule has 0 bridgehead atoms. The minimum atomic E-state index is -0.0597. The van der Waals surface area contributed by atoms with Crippen molar-refractivity contribution in [2.24, 2.45) is 0 Å². The van der Waals surface area contributed by atoms with E-state index in [0.29, 0.717) is 31.5 Å². The molecule has 7 nitrogen and oxygen atoms in total. The average molecular weight is 377 g/mol. The van der Waals surface area contributed by atoms with E-state index in [0.717, 1.165) is 35.5 Å². The third kappa shape index (κ3) is 3.88. The van der Waals surface area contributed by atoms with Crippen molar-refractivity contribution in [3.63, 3.8) is 0 Å². The number of rotatable bonds is 4. The summed E-state index contributed by atoms with van der Waals surface area (Å²) in [7, 11) is 0. The van der Waals surface area contributed by atoms with E-state index >= 15 is 0 Å². The molecule has 28 heavy (non-hydrogen) atoms. The molecule has 0 unspecified atom stereocenters. The first-order chi connectivity index (χ1) is 13.6. The molecule has 1 amide bonds. The highest BCUT2D eigenvalue weighted by Gasteiger charge is 2.22. The van der Waals surface area contributed by atoms with E-state index in [-0.39, 0.29) is 11.5 Å². The normalized spacial score (nSPS) is 14.5. The molecular weight excluding hydrogens is 354 g/mol. The number of aromatic nitrogens is 3. The molecule has 1 aliphatic heterocycles. The van der Waals surface area contributed by atoms with Crippen LogP contribution in [0.1, 0.15) is 17.5 Å². The van der Waals surface area contributed by atoms with E-state index < -0.39 is 0 Å². The van der Waals surface area contributed by atoms with E-state index in [1.165, 1.54) is 0 Å². The van der Waals surface area contributed by atoms with Gasteiger partial charge in [-0.3, -0.25) is 9.59 Å². The van der Waals surface area contributed by atoms with Crippen LogP contribution < -0.4 is 10.5 Å². The summed E-state index contributed by atoms with van der Waals surface area (Å²) < 4.78 is 0. The summed E-state index contributed by atoms with van der Waals surface area (Å²) in [4.78, 5) is 39.8. The third-order valence-corrected chi connectivity index (χ3v) is 5.19. The van der Waals surface area contributed by atoms with Gasteiger partial charge in [0, 0.05) is 56.1 Å². The summed E-state index contributed by atoms with van der Waals surface area (Å²) in [6.07, 6.45) is 4.64. The molecule has 3 aromatic rings. The lowest BCUT2D eigenvalue weighted by Crippen LogP contribution is -2.49. The molecule has 0 aliphatic carbocycles. The van der Waals surface area contributed by atoms with Crippen LogP contribution in [0.25, 0.3) is 10.9 Å². The lowest BCUT2D eigenvalue weighted by Gasteiger charge is -2.34. The van der Waals surface area contributed by atoms with Gasteiger partial charge in [-0.15, -0.1) is 0 Å². The second-order valence-electron chi connectivity index (χ2n) is 7.12. The molecule has 1 aromatic carbocycles. The Kier molecular flexibility index (Phi) is 5.06.